The fourth-order valence-corrected chi connectivity index (χ4v) is 4.08. The summed E-state index contributed by atoms with van der Waals surface area (Å²) in [6.45, 7) is 3.19. The summed E-state index contributed by atoms with van der Waals surface area (Å²) in [5, 5.41) is 0. The molecule has 2 atom stereocenters. The lowest BCUT2D eigenvalue weighted by Gasteiger charge is -2.37. The molecule has 0 aliphatic carbocycles. The van der Waals surface area contributed by atoms with Gasteiger partial charge in [-0.25, -0.2) is 0 Å². The summed E-state index contributed by atoms with van der Waals surface area (Å²) in [5.41, 5.74) is 0. The van der Waals surface area contributed by atoms with Crippen molar-refractivity contribution in [1.29, 1.82) is 0 Å². The van der Waals surface area contributed by atoms with Gasteiger partial charge in [0.2, 0.25) is 5.91 Å². The van der Waals surface area contributed by atoms with Crippen molar-refractivity contribution in [2.24, 2.45) is 0 Å². The Morgan fingerprint density at radius 3 is 3.10 bits per heavy atom. The maximum atomic E-state index is 12.5. The van der Waals surface area contributed by atoms with Crippen LogP contribution < -0.4 is 0 Å². The van der Waals surface area contributed by atoms with Gasteiger partial charge in [0, 0.05) is 32.1 Å². The highest BCUT2D eigenvalue weighted by atomic mass is 32.2. The molecule has 0 aromatic rings. The van der Waals surface area contributed by atoms with E-state index in [1.807, 2.05) is 16.7 Å². The lowest BCUT2D eigenvalue weighted by atomic mass is 10.1. The zero-order chi connectivity index (χ0) is 14.4. The zero-order valence-corrected chi connectivity index (χ0v) is 13.4. The second-order valence-corrected chi connectivity index (χ2v) is 6.68. The van der Waals surface area contributed by atoms with Crippen LogP contribution in [-0.4, -0.2) is 86.4 Å². The summed E-state index contributed by atoms with van der Waals surface area (Å²) in [4.78, 5) is 16.7. The minimum absolute atomic E-state index is 0.169. The minimum Gasteiger partial charge on any atom is -0.385 e. The fourth-order valence-electron chi connectivity index (χ4n) is 2.78. The van der Waals surface area contributed by atoms with Gasteiger partial charge in [-0.3, -0.25) is 9.69 Å². The molecule has 0 spiro atoms. The molecular formula is C14H26N2O3S. The second kappa shape index (κ2) is 8.22. The number of thioether (sulfide) groups is 1. The van der Waals surface area contributed by atoms with E-state index in [0.717, 1.165) is 12.2 Å². The highest BCUT2D eigenvalue weighted by molar-refractivity contribution is 7.99. The van der Waals surface area contributed by atoms with Gasteiger partial charge in [-0.05, 0) is 25.6 Å². The van der Waals surface area contributed by atoms with Crippen molar-refractivity contribution >= 4 is 17.7 Å². The Labute approximate surface area is 126 Å². The third-order valence-corrected chi connectivity index (χ3v) is 5.26. The van der Waals surface area contributed by atoms with Gasteiger partial charge in [0.15, 0.2) is 0 Å². The SMILES string of the molecule is COCC[C@H]1COCCN1C(=O)CN(C)[C@H]1CCSC1. The van der Waals surface area contributed by atoms with Crippen LogP contribution in [0.2, 0.25) is 0 Å². The minimum atomic E-state index is 0.169. The molecule has 20 heavy (non-hydrogen) atoms. The van der Waals surface area contributed by atoms with E-state index in [9.17, 15) is 4.79 Å². The highest BCUT2D eigenvalue weighted by Gasteiger charge is 2.29. The normalized spacial score (nSPS) is 27.2. The van der Waals surface area contributed by atoms with E-state index in [4.69, 9.17) is 9.47 Å². The first-order chi connectivity index (χ1) is 9.72. The molecule has 0 saturated carbocycles. The number of hydrogen-bond donors (Lipinski definition) is 0. The van der Waals surface area contributed by atoms with Gasteiger partial charge in [0.05, 0.1) is 25.8 Å². The number of nitrogens with zero attached hydrogens (tertiary/aromatic N) is 2. The Bertz CT molecular complexity index is 311. The molecule has 2 rings (SSSR count). The summed E-state index contributed by atoms with van der Waals surface area (Å²) in [6, 6.07) is 0.727. The number of carbonyl (C=O) groups is 1. The van der Waals surface area contributed by atoms with Gasteiger partial charge in [-0.1, -0.05) is 0 Å². The van der Waals surface area contributed by atoms with Crippen LogP contribution in [0.4, 0.5) is 0 Å². The van der Waals surface area contributed by atoms with Crippen molar-refractivity contribution in [2.75, 3.05) is 58.6 Å². The molecule has 6 heteroatoms. The molecule has 116 valence electrons. The largest absolute Gasteiger partial charge is 0.385 e. The maximum absolute atomic E-state index is 12.5. The number of likely N-dealkylation sites (N-methyl/N-ethyl adjacent to an activating group) is 1. The Morgan fingerprint density at radius 2 is 2.40 bits per heavy atom. The smallest absolute Gasteiger partial charge is 0.237 e. The fraction of sp³-hybridized carbons (Fsp3) is 0.929. The molecule has 0 bridgehead atoms. The molecule has 2 fully saturated rings. The first-order valence-corrected chi connectivity index (χ1v) is 8.52. The number of carbonyl (C=O) groups excluding carboxylic acids is 1. The van der Waals surface area contributed by atoms with Crippen molar-refractivity contribution in [3.05, 3.63) is 0 Å². The average molecular weight is 302 g/mol. The average Bonchev–Trinajstić information content (AvgIpc) is 2.99. The van der Waals surface area contributed by atoms with E-state index in [2.05, 4.69) is 11.9 Å². The van der Waals surface area contributed by atoms with Gasteiger partial charge in [0.1, 0.15) is 0 Å². The quantitative estimate of drug-likeness (QED) is 0.722. The molecule has 0 aromatic carbocycles. The number of rotatable bonds is 6. The van der Waals surface area contributed by atoms with Crippen molar-refractivity contribution in [1.82, 2.24) is 9.80 Å². The van der Waals surface area contributed by atoms with Crippen LogP contribution in [0.5, 0.6) is 0 Å². The first-order valence-electron chi connectivity index (χ1n) is 7.36. The number of methoxy groups -OCH3 is 1. The number of amides is 1. The summed E-state index contributed by atoms with van der Waals surface area (Å²) >= 11 is 1.98. The van der Waals surface area contributed by atoms with Crippen molar-refractivity contribution in [2.45, 2.75) is 24.9 Å². The van der Waals surface area contributed by atoms with E-state index in [1.165, 1.54) is 12.2 Å². The summed E-state index contributed by atoms with van der Waals surface area (Å²) < 4.78 is 10.6. The van der Waals surface area contributed by atoms with Crippen LogP contribution in [0.25, 0.3) is 0 Å². The van der Waals surface area contributed by atoms with Crippen LogP contribution in [0.3, 0.4) is 0 Å². The van der Waals surface area contributed by atoms with Crippen LogP contribution >= 0.6 is 11.8 Å². The van der Waals surface area contributed by atoms with Crippen LogP contribution in [0.15, 0.2) is 0 Å². The molecule has 2 heterocycles. The van der Waals surface area contributed by atoms with Crippen molar-refractivity contribution < 1.29 is 14.3 Å². The second-order valence-electron chi connectivity index (χ2n) is 5.53. The Kier molecular flexibility index (Phi) is 6.61. The molecular weight excluding hydrogens is 276 g/mol. The van der Waals surface area contributed by atoms with Crippen molar-refractivity contribution in [3.63, 3.8) is 0 Å². The summed E-state index contributed by atoms with van der Waals surface area (Å²) in [6.07, 6.45) is 2.05. The van der Waals surface area contributed by atoms with E-state index in [-0.39, 0.29) is 11.9 Å². The molecule has 5 nitrogen and oxygen atoms in total. The maximum Gasteiger partial charge on any atom is 0.237 e. The topological polar surface area (TPSA) is 42.0 Å². The monoisotopic (exact) mass is 302 g/mol. The third-order valence-electron chi connectivity index (χ3n) is 4.12. The van der Waals surface area contributed by atoms with Crippen LogP contribution in [0.1, 0.15) is 12.8 Å². The lowest BCUT2D eigenvalue weighted by molar-refractivity contribution is -0.141. The molecule has 0 unspecified atom stereocenters. The van der Waals surface area contributed by atoms with Gasteiger partial charge in [0.25, 0.3) is 0 Å². The summed E-state index contributed by atoms with van der Waals surface area (Å²) in [7, 11) is 3.76. The molecule has 2 aliphatic rings. The lowest BCUT2D eigenvalue weighted by Crippen LogP contribution is -2.52. The molecule has 0 aromatic heterocycles. The predicted octanol–water partition coefficient (Wildman–Crippen LogP) is 0.688. The Balaban J connectivity index is 1.84. The van der Waals surface area contributed by atoms with Gasteiger partial charge < -0.3 is 14.4 Å². The molecule has 1 amide bonds. The van der Waals surface area contributed by atoms with E-state index in [1.54, 1.807) is 7.11 Å². The number of ether oxygens (including phenoxy) is 2. The van der Waals surface area contributed by atoms with Crippen LogP contribution in [-0.2, 0) is 14.3 Å². The molecule has 2 saturated heterocycles. The predicted molar refractivity (Wildman–Crippen MR) is 81.2 cm³/mol. The molecule has 0 N–H and O–H groups in total. The Hall–Kier alpha value is -0.300. The van der Waals surface area contributed by atoms with Gasteiger partial charge >= 0.3 is 0 Å². The summed E-state index contributed by atoms with van der Waals surface area (Å²) in [5.74, 6) is 2.60. The zero-order valence-electron chi connectivity index (χ0n) is 12.5. The highest BCUT2D eigenvalue weighted by Crippen LogP contribution is 2.21. The number of morpholine rings is 1. The van der Waals surface area contributed by atoms with Gasteiger partial charge in [-0.2, -0.15) is 11.8 Å². The number of hydrogen-bond acceptors (Lipinski definition) is 5. The van der Waals surface area contributed by atoms with Crippen molar-refractivity contribution in [3.8, 4) is 0 Å². The van der Waals surface area contributed by atoms with E-state index in [0.29, 0.717) is 39.0 Å². The molecule has 0 radical (unpaired) electrons. The first kappa shape index (κ1) is 16.1. The van der Waals surface area contributed by atoms with E-state index >= 15 is 0 Å². The van der Waals surface area contributed by atoms with E-state index < -0.39 is 0 Å². The third kappa shape index (κ3) is 4.35. The molecule has 2 aliphatic heterocycles. The standard InChI is InChI=1S/C14H26N2O3S/c1-15(13-4-8-20-11-13)9-14(17)16-5-7-19-10-12(16)3-6-18-2/h12-13H,3-11H2,1-2H3/t12-,13-/m0/s1. The van der Waals surface area contributed by atoms with Gasteiger partial charge in [-0.15, -0.1) is 0 Å². The van der Waals surface area contributed by atoms with Crippen LogP contribution in [0, 0.1) is 0 Å². The Morgan fingerprint density at radius 1 is 1.55 bits per heavy atom.